The van der Waals surface area contributed by atoms with Gasteiger partial charge >= 0.3 is 0 Å². The van der Waals surface area contributed by atoms with Crippen LogP contribution in [0.4, 0.5) is 10.1 Å². The first-order valence-electron chi connectivity index (χ1n) is 6.54. The van der Waals surface area contributed by atoms with Gasteiger partial charge in [0.1, 0.15) is 5.82 Å². The molecule has 1 amide bonds. The Labute approximate surface area is 112 Å². The van der Waals surface area contributed by atoms with Crippen LogP contribution < -0.4 is 16.0 Å². The number of halogens is 1. The van der Waals surface area contributed by atoms with Gasteiger partial charge in [-0.3, -0.25) is 4.79 Å². The summed E-state index contributed by atoms with van der Waals surface area (Å²) in [4.78, 5) is 13.2. The molecule has 1 aliphatic heterocycles. The van der Waals surface area contributed by atoms with Crippen LogP contribution in [0.1, 0.15) is 31.9 Å². The average Bonchev–Trinajstić information content (AvgIpc) is 2.76. The van der Waals surface area contributed by atoms with Crippen molar-refractivity contribution in [2.24, 2.45) is 5.73 Å². The summed E-state index contributed by atoms with van der Waals surface area (Å²) in [6.45, 7) is 4.95. The molecule has 2 atom stereocenters. The lowest BCUT2D eigenvalue weighted by Crippen LogP contribution is -2.35. The first-order chi connectivity index (χ1) is 8.97. The van der Waals surface area contributed by atoms with Crippen molar-refractivity contribution in [3.8, 4) is 0 Å². The Balaban J connectivity index is 2.17. The number of anilines is 1. The molecule has 1 heterocycles. The van der Waals surface area contributed by atoms with Gasteiger partial charge in [-0.2, -0.15) is 0 Å². The van der Waals surface area contributed by atoms with Crippen LogP contribution in [0.15, 0.2) is 18.2 Å². The van der Waals surface area contributed by atoms with Gasteiger partial charge < -0.3 is 16.0 Å². The van der Waals surface area contributed by atoms with Crippen molar-refractivity contribution in [2.45, 2.75) is 32.4 Å². The molecule has 0 bridgehead atoms. The molecule has 2 unspecified atom stereocenters. The summed E-state index contributed by atoms with van der Waals surface area (Å²) in [7, 11) is 0. The molecule has 104 valence electrons. The minimum Gasteiger partial charge on any atom is -0.369 e. The summed E-state index contributed by atoms with van der Waals surface area (Å²) >= 11 is 0. The summed E-state index contributed by atoms with van der Waals surface area (Å²) in [6.07, 6.45) is 0.898. The van der Waals surface area contributed by atoms with Gasteiger partial charge in [0, 0.05) is 37.8 Å². The molecule has 2 rings (SSSR count). The van der Waals surface area contributed by atoms with Gasteiger partial charge in [0.05, 0.1) is 0 Å². The monoisotopic (exact) mass is 265 g/mol. The number of nitrogens with two attached hydrogens (primary N) is 1. The minimum atomic E-state index is -0.270. The van der Waals surface area contributed by atoms with Crippen molar-refractivity contribution in [1.29, 1.82) is 0 Å². The van der Waals surface area contributed by atoms with Crippen LogP contribution >= 0.6 is 0 Å². The van der Waals surface area contributed by atoms with Crippen molar-refractivity contribution in [3.05, 3.63) is 29.6 Å². The lowest BCUT2D eigenvalue weighted by atomic mass is 10.1. The van der Waals surface area contributed by atoms with Crippen molar-refractivity contribution in [3.63, 3.8) is 0 Å². The molecule has 1 saturated heterocycles. The highest BCUT2D eigenvalue weighted by Crippen LogP contribution is 2.29. The fourth-order valence-electron chi connectivity index (χ4n) is 2.56. The lowest BCUT2D eigenvalue weighted by molar-refractivity contribution is -0.119. The number of carbonyl (C=O) groups is 1. The third kappa shape index (κ3) is 3.23. The SMILES string of the molecule is CC(=O)NC1CCN(c2ccc(F)cc2C(C)N)C1. The third-order valence-electron chi connectivity index (χ3n) is 3.42. The summed E-state index contributed by atoms with van der Waals surface area (Å²) in [5.74, 6) is -0.285. The van der Waals surface area contributed by atoms with Crippen LogP contribution in [0.25, 0.3) is 0 Å². The second-order valence-electron chi connectivity index (χ2n) is 5.12. The van der Waals surface area contributed by atoms with Gasteiger partial charge in [0.15, 0.2) is 0 Å². The van der Waals surface area contributed by atoms with Crippen molar-refractivity contribution in [2.75, 3.05) is 18.0 Å². The number of hydrogen-bond acceptors (Lipinski definition) is 3. The smallest absolute Gasteiger partial charge is 0.217 e. The Morgan fingerprint density at radius 1 is 1.58 bits per heavy atom. The van der Waals surface area contributed by atoms with E-state index in [0.717, 1.165) is 30.8 Å². The van der Waals surface area contributed by atoms with E-state index in [0.29, 0.717) is 0 Å². The van der Waals surface area contributed by atoms with E-state index in [9.17, 15) is 9.18 Å². The van der Waals surface area contributed by atoms with Crippen LogP contribution in [0.3, 0.4) is 0 Å². The maximum Gasteiger partial charge on any atom is 0.217 e. The fraction of sp³-hybridized carbons (Fsp3) is 0.500. The van der Waals surface area contributed by atoms with Crippen LogP contribution in [0.2, 0.25) is 0 Å². The van der Waals surface area contributed by atoms with Crippen LogP contribution in [0, 0.1) is 5.82 Å². The number of rotatable bonds is 3. The molecule has 4 nitrogen and oxygen atoms in total. The molecule has 19 heavy (non-hydrogen) atoms. The number of carbonyl (C=O) groups excluding carboxylic acids is 1. The molecule has 0 radical (unpaired) electrons. The van der Waals surface area contributed by atoms with Crippen molar-refractivity contribution >= 4 is 11.6 Å². The van der Waals surface area contributed by atoms with E-state index < -0.39 is 0 Å². The Hall–Kier alpha value is -1.62. The molecule has 1 aliphatic rings. The van der Waals surface area contributed by atoms with Gasteiger partial charge in [-0.25, -0.2) is 4.39 Å². The largest absolute Gasteiger partial charge is 0.369 e. The van der Waals surface area contributed by atoms with E-state index in [-0.39, 0.29) is 23.8 Å². The van der Waals surface area contributed by atoms with Crippen LogP contribution in [-0.4, -0.2) is 25.0 Å². The van der Waals surface area contributed by atoms with Gasteiger partial charge in [0.25, 0.3) is 0 Å². The summed E-state index contributed by atoms with van der Waals surface area (Å²) < 4.78 is 13.3. The van der Waals surface area contributed by atoms with E-state index >= 15 is 0 Å². The predicted octanol–water partition coefficient (Wildman–Crippen LogP) is 1.56. The van der Waals surface area contributed by atoms with Gasteiger partial charge in [-0.1, -0.05) is 0 Å². The van der Waals surface area contributed by atoms with Crippen LogP contribution in [0.5, 0.6) is 0 Å². The second kappa shape index (κ2) is 5.57. The van der Waals surface area contributed by atoms with E-state index in [1.165, 1.54) is 19.1 Å². The summed E-state index contributed by atoms with van der Waals surface area (Å²) in [5, 5.41) is 2.92. The number of nitrogens with zero attached hydrogens (tertiary/aromatic N) is 1. The molecular formula is C14H20FN3O. The summed E-state index contributed by atoms with van der Waals surface area (Å²) in [6, 6.07) is 4.65. The maximum atomic E-state index is 13.3. The average molecular weight is 265 g/mol. The molecule has 1 aromatic carbocycles. The van der Waals surface area contributed by atoms with Crippen LogP contribution in [-0.2, 0) is 4.79 Å². The number of hydrogen-bond donors (Lipinski definition) is 2. The second-order valence-corrected chi connectivity index (χ2v) is 5.12. The first-order valence-corrected chi connectivity index (χ1v) is 6.54. The van der Waals surface area contributed by atoms with Crippen molar-refractivity contribution < 1.29 is 9.18 Å². The zero-order valence-electron chi connectivity index (χ0n) is 11.3. The summed E-state index contributed by atoms with van der Waals surface area (Å²) in [5.41, 5.74) is 7.67. The first kappa shape index (κ1) is 13.8. The molecular weight excluding hydrogens is 245 g/mol. The van der Waals surface area contributed by atoms with Gasteiger partial charge in [-0.05, 0) is 37.1 Å². The molecule has 1 fully saturated rings. The Morgan fingerprint density at radius 2 is 2.32 bits per heavy atom. The standard InChI is InChI=1S/C14H20FN3O/c1-9(16)13-7-11(15)3-4-14(13)18-6-5-12(8-18)17-10(2)19/h3-4,7,9,12H,5-6,8,16H2,1-2H3,(H,17,19). The molecule has 3 N–H and O–H groups in total. The highest BCUT2D eigenvalue weighted by Gasteiger charge is 2.25. The minimum absolute atomic E-state index is 0.0154. The van der Waals surface area contributed by atoms with Gasteiger partial charge in [0.2, 0.25) is 5.91 Å². The van der Waals surface area contributed by atoms with E-state index in [4.69, 9.17) is 5.73 Å². The fourth-order valence-corrected chi connectivity index (χ4v) is 2.56. The normalized spacial score (nSPS) is 20.4. The zero-order valence-corrected chi connectivity index (χ0v) is 11.3. The number of nitrogens with one attached hydrogen (secondary N) is 1. The number of benzene rings is 1. The van der Waals surface area contributed by atoms with E-state index in [2.05, 4.69) is 10.2 Å². The quantitative estimate of drug-likeness (QED) is 0.872. The molecule has 0 aliphatic carbocycles. The molecule has 1 aromatic rings. The molecule has 5 heteroatoms. The highest BCUT2D eigenvalue weighted by molar-refractivity contribution is 5.73. The predicted molar refractivity (Wildman–Crippen MR) is 73.4 cm³/mol. The Morgan fingerprint density at radius 3 is 2.95 bits per heavy atom. The number of amides is 1. The Bertz CT molecular complexity index is 476. The third-order valence-corrected chi connectivity index (χ3v) is 3.42. The molecule has 0 aromatic heterocycles. The van der Waals surface area contributed by atoms with E-state index in [1.54, 1.807) is 6.07 Å². The van der Waals surface area contributed by atoms with Gasteiger partial charge in [-0.15, -0.1) is 0 Å². The maximum absolute atomic E-state index is 13.3. The topological polar surface area (TPSA) is 58.4 Å². The molecule has 0 saturated carbocycles. The Kier molecular flexibility index (Phi) is 4.04. The highest BCUT2D eigenvalue weighted by atomic mass is 19.1. The van der Waals surface area contributed by atoms with E-state index in [1.807, 2.05) is 6.92 Å². The lowest BCUT2D eigenvalue weighted by Gasteiger charge is -2.23. The molecule has 0 spiro atoms. The van der Waals surface area contributed by atoms with Crippen molar-refractivity contribution in [1.82, 2.24) is 5.32 Å². The zero-order chi connectivity index (χ0) is 14.0.